The molecule has 2 aromatic heterocycles. The topological polar surface area (TPSA) is 42.0 Å². The summed E-state index contributed by atoms with van der Waals surface area (Å²) in [6.45, 7) is 1.85. The molecule has 22 heavy (non-hydrogen) atoms. The van der Waals surface area contributed by atoms with Crippen molar-refractivity contribution < 1.29 is 4.79 Å². The smallest absolute Gasteiger partial charge is 0.257 e. The number of nitrogens with one attached hydrogen (secondary N) is 1. The molecule has 0 fully saturated rings. The second kappa shape index (κ2) is 6.42. The zero-order chi connectivity index (χ0) is 15.5. The summed E-state index contributed by atoms with van der Waals surface area (Å²) in [6.07, 6.45) is 0. The molecular weight excluding hydrogens is 360 g/mol. The summed E-state index contributed by atoms with van der Waals surface area (Å²) in [5.74, 6) is -0.152. The van der Waals surface area contributed by atoms with Crippen molar-refractivity contribution >= 4 is 38.9 Å². The Bertz CT molecular complexity index is 815. The molecule has 1 aromatic carbocycles. The van der Waals surface area contributed by atoms with Gasteiger partial charge in [0.05, 0.1) is 21.8 Å². The molecule has 1 N–H and O–H groups in total. The molecule has 0 aliphatic carbocycles. The van der Waals surface area contributed by atoms with E-state index in [4.69, 9.17) is 0 Å². The molecule has 1 amide bonds. The number of rotatable bonds is 3. The summed E-state index contributed by atoms with van der Waals surface area (Å²) < 4.78 is 0.924. The number of pyridine rings is 1. The number of carbonyl (C=O) groups excluding carboxylic acids is 1. The van der Waals surface area contributed by atoms with Crippen LogP contribution in [0.3, 0.4) is 0 Å². The number of hydrogen-bond acceptors (Lipinski definition) is 3. The van der Waals surface area contributed by atoms with Gasteiger partial charge in [0, 0.05) is 10.2 Å². The standard InChI is InChI=1S/C17H13BrN2OS/c1-11-14(7-8-15(19-11)16-6-3-9-22-16)17(21)20-13-5-2-4-12(18)10-13/h2-10H,1H3,(H,20,21). The molecule has 0 saturated heterocycles. The molecule has 2 heterocycles. The van der Waals surface area contributed by atoms with E-state index < -0.39 is 0 Å². The fourth-order valence-electron chi connectivity index (χ4n) is 2.13. The Hall–Kier alpha value is -1.98. The molecule has 0 unspecified atom stereocenters. The predicted molar refractivity (Wildman–Crippen MR) is 94.4 cm³/mol. The third-order valence-corrected chi connectivity index (χ3v) is 4.57. The second-order valence-electron chi connectivity index (χ2n) is 4.77. The maximum absolute atomic E-state index is 12.4. The first-order valence-electron chi connectivity index (χ1n) is 6.72. The summed E-state index contributed by atoms with van der Waals surface area (Å²) in [4.78, 5) is 18.0. The first-order valence-corrected chi connectivity index (χ1v) is 8.39. The lowest BCUT2D eigenvalue weighted by Gasteiger charge is -2.08. The van der Waals surface area contributed by atoms with Crippen LogP contribution in [0.2, 0.25) is 0 Å². The first kappa shape index (κ1) is 14.9. The summed E-state index contributed by atoms with van der Waals surface area (Å²) in [5, 5.41) is 4.90. The molecule has 0 atom stereocenters. The number of thiophene rings is 1. The maximum atomic E-state index is 12.4. The summed E-state index contributed by atoms with van der Waals surface area (Å²) in [5.41, 5.74) is 2.95. The zero-order valence-electron chi connectivity index (χ0n) is 11.8. The second-order valence-corrected chi connectivity index (χ2v) is 6.63. The van der Waals surface area contributed by atoms with Gasteiger partial charge in [-0.25, -0.2) is 0 Å². The molecule has 0 spiro atoms. The lowest BCUT2D eigenvalue weighted by molar-refractivity contribution is 0.102. The van der Waals surface area contributed by atoms with Crippen LogP contribution < -0.4 is 5.32 Å². The van der Waals surface area contributed by atoms with E-state index in [1.54, 1.807) is 11.3 Å². The molecular formula is C17H13BrN2OS. The van der Waals surface area contributed by atoms with Crippen molar-refractivity contribution in [2.24, 2.45) is 0 Å². The van der Waals surface area contributed by atoms with Gasteiger partial charge in [0.15, 0.2) is 0 Å². The van der Waals surface area contributed by atoms with Crippen LogP contribution in [0, 0.1) is 6.92 Å². The highest BCUT2D eigenvalue weighted by molar-refractivity contribution is 9.10. The lowest BCUT2D eigenvalue weighted by atomic mass is 10.1. The molecule has 0 aliphatic rings. The van der Waals surface area contributed by atoms with Gasteiger partial charge in [-0.1, -0.05) is 28.1 Å². The molecule has 3 rings (SSSR count). The number of carbonyl (C=O) groups is 1. The van der Waals surface area contributed by atoms with Gasteiger partial charge in [-0.2, -0.15) is 0 Å². The highest BCUT2D eigenvalue weighted by Gasteiger charge is 2.12. The van der Waals surface area contributed by atoms with Gasteiger partial charge in [-0.3, -0.25) is 9.78 Å². The quantitative estimate of drug-likeness (QED) is 0.691. The number of halogens is 1. The van der Waals surface area contributed by atoms with Gasteiger partial charge in [0.2, 0.25) is 0 Å². The van der Waals surface area contributed by atoms with Gasteiger partial charge < -0.3 is 5.32 Å². The van der Waals surface area contributed by atoms with Crippen molar-refractivity contribution in [2.75, 3.05) is 5.32 Å². The number of anilines is 1. The minimum atomic E-state index is -0.152. The van der Waals surface area contributed by atoms with Crippen molar-refractivity contribution in [3.63, 3.8) is 0 Å². The predicted octanol–water partition coefficient (Wildman–Crippen LogP) is 5.13. The monoisotopic (exact) mass is 372 g/mol. The van der Waals surface area contributed by atoms with Gasteiger partial charge in [0.25, 0.3) is 5.91 Å². The van der Waals surface area contributed by atoms with E-state index in [9.17, 15) is 4.79 Å². The minimum Gasteiger partial charge on any atom is -0.322 e. The number of hydrogen-bond donors (Lipinski definition) is 1. The van der Waals surface area contributed by atoms with Crippen molar-refractivity contribution in [1.29, 1.82) is 0 Å². The van der Waals surface area contributed by atoms with Gasteiger partial charge >= 0.3 is 0 Å². The Kier molecular flexibility index (Phi) is 4.36. The van der Waals surface area contributed by atoms with E-state index in [2.05, 4.69) is 26.2 Å². The van der Waals surface area contributed by atoms with Crippen molar-refractivity contribution in [3.8, 4) is 10.6 Å². The number of nitrogens with zero attached hydrogens (tertiary/aromatic N) is 1. The maximum Gasteiger partial charge on any atom is 0.257 e. The fourth-order valence-corrected chi connectivity index (χ4v) is 3.22. The molecule has 0 aliphatic heterocycles. The average Bonchev–Trinajstić information content (AvgIpc) is 3.01. The van der Waals surface area contributed by atoms with Gasteiger partial charge in [-0.05, 0) is 48.7 Å². The number of amides is 1. The molecule has 0 saturated carbocycles. The third-order valence-electron chi connectivity index (χ3n) is 3.19. The van der Waals surface area contributed by atoms with Crippen LogP contribution in [0.4, 0.5) is 5.69 Å². The fraction of sp³-hybridized carbons (Fsp3) is 0.0588. The molecule has 3 nitrogen and oxygen atoms in total. The van der Waals surface area contributed by atoms with Crippen LogP contribution in [0.15, 0.2) is 58.4 Å². The van der Waals surface area contributed by atoms with E-state index in [0.717, 1.165) is 26.4 Å². The Morgan fingerprint density at radius 1 is 1.18 bits per heavy atom. The molecule has 0 radical (unpaired) electrons. The zero-order valence-corrected chi connectivity index (χ0v) is 14.2. The van der Waals surface area contributed by atoms with E-state index in [1.807, 2.05) is 60.8 Å². The molecule has 0 bridgehead atoms. The van der Waals surface area contributed by atoms with Crippen LogP contribution in [-0.2, 0) is 0 Å². The van der Waals surface area contributed by atoms with Crippen molar-refractivity contribution in [2.45, 2.75) is 6.92 Å². The van der Waals surface area contributed by atoms with E-state index in [0.29, 0.717) is 5.56 Å². The highest BCUT2D eigenvalue weighted by atomic mass is 79.9. The van der Waals surface area contributed by atoms with Crippen molar-refractivity contribution in [1.82, 2.24) is 4.98 Å². The minimum absolute atomic E-state index is 0.152. The van der Waals surface area contributed by atoms with E-state index in [1.165, 1.54) is 0 Å². The normalized spacial score (nSPS) is 10.5. The third kappa shape index (κ3) is 3.26. The number of benzene rings is 1. The van der Waals surface area contributed by atoms with Gasteiger partial charge in [0.1, 0.15) is 0 Å². The van der Waals surface area contributed by atoms with Crippen molar-refractivity contribution in [3.05, 3.63) is 69.6 Å². The summed E-state index contributed by atoms with van der Waals surface area (Å²) >= 11 is 5.03. The first-order chi connectivity index (χ1) is 10.6. The van der Waals surface area contributed by atoms with Crippen LogP contribution in [-0.4, -0.2) is 10.9 Å². The van der Waals surface area contributed by atoms with Gasteiger partial charge in [-0.15, -0.1) is 11.3 Å². The Morgan fingerprint density at radius 3 is 2.73 bits per heavy atom. The molecule has 5 heteroatoms. The van der Waals surface area contributed by atoms with E-state index >= 15 is 0 Å². The van der Waals surface area contributed by atoms with Crippen LogP contribution >= 0.6 is 27.3 Å². The molecule has 3 aromatic rings. The summed E-state index contributed by atoms with van der Waals surface area (Å²) in [7, 11) is 0. The highest BCUT2D eigenvalue weighted by Crippen LogP contribution is 2.24. The number of aromatic nitrogens is 1. The lowest BCUT2D eigenvalue weighted by Crippen LogP contribution is -2.14. The molecule has 110 valence electrons. The Morgan fingerprint density at radius 2 is 2.05 bits per heavy atom. The average molecular weight is 373 g/mol. The SMILES string of the molecule is Cc1nc(-c2cccs2)ccc1C(=O)Nc1cccc(Br)c1. The van der Waals surface area contributed by atoms with Crippen LogP contribution in [0.5, 0.6) is 0 Å². The van der Waals surface area contributed by atoms with Crippen LogP contribution in [0.25, 0.3) is 10.6 Å². The number of aryl methyl sites for hydroxylation is 1. The Balaban J connectivity index is 1.84. The summed E-state index contributed by atoms with van der Waals surface area (Å²) in [6, 6.07) is 15.2. The van der Waals surface area contributed by atoms with Crippen LogP contribution in [0.1, 0.15) is 16.1 Å². The van der Waals surface area contributed by atoms with E-state index in [-0.39, 0.29) is 5.91 Å². The Labute approximate surface area is 141 Å². The largest absolute Gasteiger partial charge is 0.322 e.